The average molecular weight is 271 g/mol. The van der Waals surface area contributed by atoms with Crippen molar-refractivity contribution in [2.24, 2.45) is 0 Å². The summed E-state index contributed by atoms with van der Waals surface area (Å²) in [6.45, 7) is 4.53. The predicted molar refractivity (Wildman–Crippen MR) is 83.4 cm³/mol. The van der Waals surface area contributed by atoms with E-state index in [1.165, 1.54) is 31.2 Å². The van der Waals surface area contributed by atoms with Gasteiger partial charge in [0, 0.05) is 24.6 Å². The van der Waals surface area contributed by atoms with Crippen molar-refractivity contribution in [3.63, 3.8) is 0 Å². The second kappa shape index (κ2) is 8.09. The van der Waals surface area contributed by atoms with Crippen LogP contribution in [-0.2, 0) is 6.54 Å². The highest BCUT2D eigenvalue weighted by atomic mass is 16.2. The summed E-state index contributed by atoms with van der Waals surface area (Å²) < 4.78 is 0. The first-order valence-electron chi connectivity index (χ1n) is 7.76. The van der Waals surface area contributed by atoms with Gasteiger partial charge in [0.25, 0.3) is 0 Å². The molecule has 0 atom stereocenters. The Bertz CT molecular complexity index is 466. The van der Waals surface area contributed by atoms with Gasteiger partial charge in [0.15, 0.2) is 0 Å². The van der Waals surface area contributed by atoms with Gasteiger partial charge in [-0.2, -0.15) is 0 Å². The fourth-order valence-electron chi connectivity index (χ4n) is 2.97. The van der Waals surface area contributed by atoms with Gasteiger partial charge in [-0.25, -0.2) is 0 Å². The maximum atomic E-state index is 8.76. The molecule has 2 rings (SSSR count). The van der Waals surface area contributed by atoms with E-state index in [0.717, 1.165) is 24.7 Å². The van der Waals surface area contributed by atoms with E-state index in [-0.39, 0.29) is 6.61 Å². The van der Waals surface area contributed by atoms with Gasteiger partial charge in [0.05, 0.1) is 6.61 Å². The molecule has 0 bridgehead atoms. The van der Waals surface area contributed by atoms with Gasteiger partial charge in [0.1, 0.15) is 0 Å². The summed E-state index contributed by atoms with van der Waals surface area (Å²) in [4.78, 5) is 2.59. The van der Waals surface area contributed by atoms with Crippen molar-refractivity contribution in [3.05, 3.63) is 35.4 Å². The molecule has 0 aromatic heterocycles. The van der Waals surface area contributed by atoms with Crippen LogP contribution in [0.5, 0.6) is 0 Å². The molecule has 2 nitrogen and oxygen atoms in total. The highest BCUT2D eigenvalue weighted by Crippen LogP contribution is 2.24. The number of aliphatic hydroxyl groups is 1. The lowest BCUT2D eigenvalue weighted by Crippen LogP contribution is -2.32. The molecule has 0 unspecified atom stereocenters. The van der Waals surface area contributed by atoms with Crippen LogP contribution in [0.15, 0.2) is 24.3 Å². The van der Waals surface area contributed by atoms with Crippen LogP contribution < -0.4 is 0 Å². The molecule has 1 aromatic rings. The molecule has 2 heteroatoms. The smallest absolute Gasteiger partial charge is 0.0540 e. The van der Waals surface area contributed by atoms with Crippen molar-refractivity contribution in [1.29, 1.82) is 0 Å². The minimum atomic E-state index is 0.137. The number of benzene rings is 1. The van der Waals surface area contributed by atoms with Crippen molar-refractivity contribution in [3.8, 4) is 11.8 Å². The summed E-state index contributed by atoms with van der Waals surface area (Å²) in [6.07, 6.45) is 6.02. The molecule has 0 radical (unpaired) electrons. The Morgan fingerprint density at radius 1 is 1.30 bits per heavy atom. The van der Waals surface area contributed by atoms with E-state index in [1.54, 1.807) is 0 Å². The Morgan fingerprint density at radius 2 is 2.10 bits per heavy atom. The van der Waals surface area contributed by atoms with Crippen LogP contribution in [0.4, 0.5) is 0 Å². The molecule has 0 saturated heterocycles. The van der Waals surface area contributed by atoms with Crippen LogP contribution in [0.25, 0.3) is 0 Å². The normalized spacial score (nSPS) is 15.3. The first-order valence-corrected chi connectivity index (χ1v) is 7.76. The summed E-state index contributed by atoms with van der Waals surface area (Å²) >= 11 is 0. The fraction of sp³-hybridized carbons (Fsp3) is 0.556. The molecule has 1 saturated carbocycles. The minimum absolute atomic E-state index is 0.137. The van der Waals surface area contributed by atoms with Crippen molar-refractivity contribution in [2.45, 2.75) is 51.6 Å². The van der Waals surface area contributed by atoms with Gasteiger partial charge in [-0.05, 0) is 37.1 Å². The standard InChI is InChI=1S/C18H25NO/c1-2-19(18-11-3-4-12-18)15-17-10-7-9-16(14-17)8-5-6-13-20/h7,9-10,14,18,20H,2-4,6,11-13,15H2,1H3. The van der Waals surface area contributed by atoms with E-state index in [9.17, 15) is 0 Å². The van der Waals surface area contributed by atoms with Gasteiger partial charge in [-0.1, -0.05) is 43.7 Å². The van der Waals surface area contributed by atoms with Crippen LogP contribution in [0.3, 0.4) is 0 Å². The highest BCUT2D eigenvalue weighted by Gasteiger charge is 2.21. The second-order valence-corrected chi connectivity index (χ2v) is 5.48. The van der Waals surface area contributed by atoms with E-state index in [2.05, 4.69) is 41.9 Å². The van der Waals surface area contributed by atoms with Crippen LogP contribution in [0.1, 0.15) is 50.2 Å². The van der Waals surface area contributed by atoms with Gasteiger partial charge < -0.3 is 5.11 Å². The maximum Gasteiger partial charge on any atom is 0.0540 e. The summed E-state index contributed by atoms with van der Waals surface area (Å²) in [6, 6.07) is 9.27. The first-order chi connectivity index (χ1) is 9.83. The van der Waals surface area contributed by atoms with E-state index in [4.69, 9.17) is 5.11 Å². The molecule has 1 aromatic carbocycles. The predicted octanol–water partition coefficient (Wildman–Crippen LogP) is 3.19. The van der Waals surface area contributed by atoms with E-state index < -0.39 is 0 Å². The fourth-order valence-corrected chi connectivity index (χ4v) is 2.97. The summed E-state index contributed by atoms with van der Waals surface area (Å²) in [7, 11) is 0. The molecule has 1 fully saturated rings. The quantitative estimate of drug-likeness (QED) is 0.831. The first kappa shape index (κ1) is 15.1. The van der Waals surface area contributed by atoms with Gasteiger partial charge >= 0.3 is 0 Å². The Morgan fingerprint density at radius 3 is 2.80 bits per heavy atom. The Hall–Kier alpha value is -1.30. The number of hydrogen-bond donors (Lipinski definition) is 1. The zero-order valence-corrected chi connectivity index (χ0v) is 12.4. The molecular formula is C18H25NO. The zero-order valence-electron chi connectivity index (χ0n) is 12.4. The van der Waals surface area contributed by atoms with Crippen LogP contribution in [0, 0.1) is 11.8 Å². The minimum Gasteiger partial charge on any atom is -0.395 e. The second-order valence-electron chi connectivity index (χ2n) is 5.48. The number of rotatable bonds is 5. The molecule has 20 heavy (non-hydrogen) atoms. The van der Waals surface area contributed by atoms with Gasteiger partial charge in [0.2, 0.25) is 0 Å². The van der Waals surface area contributed by atoms with Crippen molar-refractivity contribution >= 4 is 0 Å². The molecule has 0 aliphatic heterocycles. The van der Waals surface area contributed by atoms with Crippen molar-refractivity contribution in [1.82, 2.24) is 4.90 Å². The van der Waals surface area contributed by atoms with E-state index in [0.29, 0.717) is 6.42 Å². The number of nitrogens with zero attached hydrogens (tertiary/aromatic N) is 1. The SMILES string of the molecule is CCN(Cc1cccc(C#CCCO)c1)C1CCCC1. The van der Waals surface area contributed by atoms with Crippen LogP contribution >= 0.6 is 0 Å². The lowest BCUT2D eigenvalue weighted by Gasteiger charge is -2.27. The van der Waals surface area contributed by atoms with Crippen molar-refractivity contribution in [2.75, 3.05) is 13.2 Å². The third-order valence-electron chi connectivity index (χ3n) is 4.03. The third-order valence-corrected chi connectivity index (χ3v) is 4.03. The van der Waals surface area contributed by atoms with Crippen LogP contribution in [0.2, 0.25) is 0 Å². The Kier molecular flexibility index (Phi) is 6.11. The van der Waals surface area contributed by atoms with E-state index in [1.807, 2.05) is 6.07 Å². The van der Waals surface area contributed by atoms with E-state index >= 15 is 0 Å². The summed E-state index contributed by atoms with van der Waals surface area (Å²) in [5.74, 6) is 6.11. The molecule has 0 amide bonds. The number of aliphatic hydroxyl groups excluding tert-OH is 1. The summed E-state index contributed by atoms with van der Waals surface area (Å²) in [5, 5.41) is 8.76. The largest absolute Gasteiger partial charge is 0.395 e. The molecule has 0 spiro atoms. The number of hydrogen-bond acceptors (Lipinski definition) is 2. The topological polar surface area (TPSA) is 23.5 Å². The molecule has 108 valence electrons. The molecular weight excluding hydrogens is 246 g/mol. The monoisotopic (exact) mass is 271 g/mol. The maximum absolute atomic E-state index is 8.76. The average Bonchev–Trinajstić information content (AvgIpc) is 2.99. The Balaban J connectivity index is 2.01. The molecule has 1 N–H and O–H groups in total. The third kappa shape index (κ3) is 4.37. The highest BCUT2D eigenvalue weighted by molar-refractivity contribution is 5.37. The van der Waals surface area contributed by atoms with Crippen molar-refractivity contribution < 1.29 is 5.11 Å². The van der Waals surface area contributed by atoms with Gasteiger partial charge in [-0.15, -0.1) is 0 Å². The Labute approximate surface area is 122 Å². The zero-order chi connectivity index (χ0) is 14.2. The lowest BCUT2D eigenvalue weighted by atomic mass is 10.1. The molecule has 1 aliphatic rings. The molecule has 0 heterocycles. The van der Waals surface area contributed by atoms with Gasteiger partial charge in [-0.3, -0.25) is 4.90 Å². The summed E-state index contributed by atoms with van der Waals surface area (Å²) in [5.41, 5.74) is 2.40. The lowest BCUT2D eigenvalue weighted by molar-refractivity contribution is 0.200. The molecule has 1 aliphatic carbocycles. The van der Waals surface area contributed by atoms with Crippen LogP contribution in [-0.4, -0.2) is 29.2 Å².